The second kappa shape index (κ2) is 8.18. The Hall–Kier alpha value is -2.04. The number of hydrogen-bond acceptors (Lipinski definition) is 3. The zero-order valence-corrected chi connectivity index (χ0v) is 14.6. The monoisotopic (exact) mass is 347 g/mol. The topological polar surface area (TPSA) is 58.6 Å². The third-order valence-corrected chi connectivity index (χ3v) is 4.15. The lowest BCUT2D eigenvalue weighted by Crippen LogP contribution is -2.28. The van der Waals surface area contributed by atoms with E-state index in [1.165, 1.54) is 0 Å². The molecule has 2 aromatic carbocycles. The average Bonchev–Trinajstić information content (AvgIpc) is 2.60. The van der Waals surface area contributed by atoms with Gasteiger partial charge in [-0.15, -0.1) is 0 Å². The fourth-order valence-electron chi connectivity index (χ4n) is 2.47. The summed E-state index contributed by atoms with van der Waals surface area (Å²) < 4.78 is 5.19. The molecule has 0 aliphatic rings. The van der Waals surface area contributed by atoms with Gasteiger partial charge in [-0.1, -0.05) is 49.7 Å². The molecular formula is C19H22ClNO3. The van der Waals surface area contributed by atoms with Crippen molar-refractivity contribution < 1.29 is 14.6 Å². The molecule has 2 N–H and O–H groups in total. The van der Waals surface area contributed by atoms with Gasteiger partial charge in [0.2, 0.25) is 0 Å². The molecule has 1 amide bonds. The van der Waals surface area contributed by atoms with Crippen molar-refractivity contribution in [3.05, 3.63) is 64.7 Å². The van der Waals surface area contributed by atoms with Gasteiger partial charge in [0.1, 0.15) is 11.4 Å². The highest BCUT2D eigenvalue weighted by atomic mass is 35.5. The Kier molecular flexibility index (Phi) is 6.23. The first kappa shape index (κ1) is 18.3. The molecule has 0 saturated carbocycles. The number of nitrogens with one attached hydrogen (secondary N) is 1. The standard InChI is InChI=1S/C19H22ClNO3/c1-3-13-21-18(22)24-17-11-7-15(8-12-17)19(23,4-2)14-5-9-16(20)10-6-14/h5-12,23H,3-4,13H2,1-2H3,(H,21,22). The molecule has 1 atom stereocenters. The molecular weight excluding hydrogens is 326 g/mol. The second-order valence-corrected chi connectivity index (χ2v) is 6.00. The van der Waals surface area contributed by atoms with Crippen LogP contribution < -0.4 is 10.1 Å². The number of carbonyl (C=O) groups is 1. The minimum absolute atomic E-state index is 0.432. The number of carbonyl (C=O) groups excluding carboxylic acids is 1. The zero-order valence-electron chi connectivity index (χ0n) is 13.9. The fourth-order valence-corrected chi connectivity index (χ4v) is 2.60. The molecule has 0 saturated heterocycles. The molecule has 24 heavy (non-hydrogen) atoms. The molecule has 0 spiro atoms. The molecule has 128 valence electrons. The van der Waals surface area contributed by atoms with Gasteiger partial charge in [0.15, 0.2) is 0 Å². The van der Waals surface area contributed by atoms with E-state index in [-0.39, 0.29) is 0 Å². The van der Waals surface area contributed by atoms with Crippen molar-refractivity contribution >= 4 is 17.7 Å². The van der Waals surface area contributed by atoms with E-state index < -0.39 is 11.7 Å². The molecule has 0 aliphatic heterocycles. The Morgan fingerprint density at radius 3 is 2.12 bits per heavy atom. The van der Waals surface area contributed by atoms with Crippen LogP contribution in [0, 0.1) is 0 Å². The van der Waals surface area contributed by atoms with Crippen LogP contribution in [0.5, 0.6) is 5.75 Å². The van der Waals surface area contributed by atoms with E-state index in [2.05, 4.69) is 5.32 Å². The lowest BCUT2D eigenvalue weighted by Gasteiger charge is -2.28. The largest absolute Gasteiger partial charge is 0.412 e. The van der Waals surface area contributed by atoms with Crippen molar-refractivity contribution in [3.63, 3.8) is 0 Å². The predicted octanol–water partition coefficient (Wildman–Crippen LogP) is 4.48. The summed E-state index contributed by atoms with van der Waals surface area (Å²) in [6.07, 6.45) is 0.873. The van der Waals surface area contributed by atoms with E-state index in [4.69, 9.17) is 16.3 Å². The second-order valence-electron chi connectivity index (χ2n) is 5.56. The van der Waals surface area contributed by atoms with Crippen molar-refractivity contribution in [2.45, 2.75) is 32.3 Å². The van der Waals surface area contributed by atoms with Crippen LogP contribution in [0.15, 0.2) is 48.5 Å². The highest BCUT2D eigenvalue weighted by Gasteiger charge is 2.29. The number of aliphatic hydroxyl groups is 1. The summed E-state index contributed by atoms with van der Waals surface area (Å²) in [4.78, 5) is 11.6. The number of rotatable bonds is 6. The molecule has 2 aromatic rings. The molecule has 5 heteroatoms. The highest BCUT2D eigenvalue weighted by Crippen LogP contribution is 2.34. The lowest BCUT2D eigenvalue weighted by molar-refractivity contribution is 0.0765. The van der Waals surface area contributed by atoms with Gasteiger partial charge in [-0.3, -0.25) is 0 Å². The van der Waals surface area contributed by atoms with E-state index in [0.717, 1.165) is 17.5 Å². The van der Waals surface area contributed by atoms with Gasteiger partial charge in [-0.2, -0.15) is 0 Å². The van der Waals surface area contributed by atoms with Crippen molar-refractivity contribution in [1.82, 2.24) is 5.32 Å². The molecule has 0 radical (unpaired) electrons. The van der Waals surface area contributed by atoms with Gasteiger partial charge in [0.05, 0.1) is 0 Å². The first-order valence-electron chi connectivity index (χ1n) is 8.04. The van der Waals surface area contributed by atoms with Crippen molar-refractivity contribution in [2.24, 2.45) is 0 Å². The molecule has 0 aromatic heterocycles. The number of hydrogen-bond donors (Lipinski definition) is 2. The van der Waals surface area contributed by atoms with Crippen LogP contribution in [0.25, 0.3) is 0 Å². The first-order chi connectivity index (χ1) is 11.5. The summed E-state index contributed by atoms with van der Waals surface area (Å²) in [5.74, 6) is 0.432. The van der Waals surface area contributed by atoms with Crippen LogP contribution >= 0.6 is 11.6 Å². The third kappa shape index (κ3) is 4.28. The molecule has 0 bridgehead atoms. The van der Waals surface area contributed by atoms with Gasteiger partial charge >= 0.3 is 6.09 Å². The Labute approximate surface area is 147 Å². The van der Waals surface area contributed by atoms with Gasteiger partial charge in [0, 0.05) is 11.6 Å². The summed E-state index contributed by atoms with van der Waals surface area (Å²) in [5, 5.41) is 14.3. The molecule has 2 rings (SSSR count). The average molecular weight is 348 g/mol. The van der Waals surface area contributed by atoms with Gasteiger partial charge in [0.25, 0.3) is 0 Å². The summed E-state index contributed by atoms with van der Waals surface area (Å²) >= 11 is 5.92. The minimum Gasteiger partial charge on any atom is -0.410 e. The molecule has 0 heterocycles. The number of ether oxygens (including phenoxy) is 1. The van der Waals surface area contributed by atoms with Crippen LogP contribution in [0.1, 0.15) is 37.8 Å². The van der Waals surface area contributed by atoms with E-state index >= 15 is 0 Å². The lowest BCUT2D eigenvalue weighted by atomic mass is 9.84. The third-order valence-electron chi connectivity index (χ3n) is 3.90. The first-order valence-corrected chi connectivity index (χ1v) is 8.42. The predicted molar refractivity (Wildman–Crippen MR) is 95.5 cm³/mol. The molecule has 0 aliphatic carbocycles. The van der Waals surface area contributed by atoms with Crippen LogP contribution in [0.3, 0.4) is 0 Å². The quantitative estimate of drug-likeness (QED) is 0.809. The number of halogens is 1. The Balaban J connectivity index is 2.18. The van der Waals surface area contributed by atoms with Crippen molar-refractivity contribution in [3.8, 4) is 5.75 Å². The molecule has 0 fully saturated rings. The summed E-state index contributed by atoms with van der Waals surface area (Å²) in [6, 6.07) is 14.0. The van der Waals surface area contributed by atoms with E-state index in [0.29, 0.717) is 23.7 Å². The van der Waals surface area contributed by atoms with Crippen LogP contribution in [0.2, 0.25) is 5.02 Å². The molecule has 4 nitrogen and oxygen atoms in total. The maximum Gasteiger partial charge on any atom is 0.412 e. The smallest absolute Gasteiger partial charge is 0.410 e. The zero-order chi connectivity index (χ0) is 17.6. The summed E-state index contributed by atoms with van der Waals surface area (Å²) in [7, 11) is 0. The van der Waals surface area contributed by atoms with Crippen molar-refractivity contribution in [2.75, 3.05) is 6.54 Å². The van der Waals surface area contributed by atoms with Gasteiger partial charge in [-0.05, 0) is 48.2 Å². The van der Waals surface area contributed by atoms with Crippen LogP contribution in [-0.4, -0.2) is 17.7 Å². The normalized spacial score (nSPS) is 13.2. The summed E-state index contributed by atoms with van der Waals surface area (Å²) in [5.41, 5.74) is 0.380. The van der Waals surface area contributed by atoms with Crippen LogP contribution in [-0.2, 0) is 5.60 Å². The minimum atomic E-state index is -1.12. The Morgan fingerprint density at radius 1 is 1.08 bits per heavy atom. The number of amides is 1. The van der Waals surface area contributed by atoms with Gasteiger partial charge in [-0.25, -0.2) is 4.79 Å². The van der Waals surface area contributed by atoms with Crippen LogP contribution in [0.4, 0.5) is 4.79 Å². The maximum atomic E-state index is 11.6. The summed E-state index contributed by atoms with van der Waals surface area (Å²) in [6.45, 7) is 4.46. The maximum absolute atomic E-state index is 11.6. The van der Waals surface area contributed by atoms with Gasteiger partial charge < -0.3 is 15.2 Å². The highest BCUT2D eigenvalue weighted by molar-refractivity contribution is 6.30. The van der Waals surface area contributed by atoms with E-state index in [9.17, 15) is 9.90 Å². The fraction of sp³-hybridized carbons (Fsp3) is 0.316. The SMILES string of the molecule is CCCNC(=O)Oc1ccc(C(O)(CC)c2ccc(Cl)cc2)cc1. The number of benzene rings is 2. The Morgan fingerprint density at radius 2 is 1.62 bits per heavy atom. The Bertz CT molecular complexity index is 670. The van der Waals surface area contributed by atoms with E-state index in [1.54, 1.807) is 36.4 Å². The van der Waals surface area contributed by atoms with Crippen molar-refractivity contribution in [1.29, 1.82) is 0 Å². The molecule has 1 unspecified atom stereocenters. The van der Waals surface area contributed by atoms with E-state index in [1.807, 2.05) is 26.0 Å².